The summed E-state index contributed by atoms with van der Waals surface area (Å²) in [6.45, 7) is 0. The van der Waals surface area contributed by atoms with Crippen molar-refractivity contribution in [2.24, 2.45) is 0 Å². The van der Waals surface area contributed by atoms with Crippen LogP contribution in [0.5, 0.6) is 0 Å². The van der Waals surface area contributed by atoms with Gasteiger partial charge in [-0.25, -0.2) is 8.42 Å². The van der Waals surface area contributed by atoms with Crippen molar-refractivity contribution in [2.45, 2.75) is 11.0 Å². The van der Waals surface area contributed by atoms with Crippen LogP contribution in [0, 0.1) is 0 Å². The Kier molecular flexibility index (Phi) is 3.96. The molecule has 5 nitrogen and oxygen atoms in total. The molecule has 0 N–H and O–H groups in total. The third kappa shape index (κ3) is 3.18. The predicted molar refractivity (Wildman–Crippen MR) is 82.1 cm³/mol. The number of sulfone groups is 1. The van der Waals surface area contributed by atoms with Gasteiger partial charge in [0.15, 0.2) is 0 Å². The minimum absolute atomic E-state index is 0.176. The van der Waals surface area contributed by atoms with Gasteiger partial charge in [-0.15, -0.1) is 5.10 Å². The van der Waals surface area contributed by atoms with Crippen molar-refractivity contribution >= 4 is 21.4 Å². The molecule has 0 amide bonds. The number of hydrogen-bond donors (Lipinski definition) is 0. The number of rotatable bonds is 4. The normalized spacial score (nSPS) is 11.5. The second-order valence-electron chi connectivity index (χ2n) is 4.62. The fraction of sp³-hybridized carbons (Fsp3) is 0.0667. The molecule has 0 atom stereocenters. The van der Waals surface area contributed by atoms with Gasteiger partial charge in [0.1, 0.15) is 0 Å². The minimum Gasteiger partial charge on any atom is -0.408 e. The zero-order chi connectivity index (χ0) is 15.6. The number of aromatic nitrogens is 2. The van der Waals surface area contributed by atoms with Crippen LogP contribution in [0.4, 0.5) is 0 Å². The molecule has 3 aromatic rings. The van der Waals surface area contributed by atoms with E-state index >= 15 is 0 Å². The first-order valence-electron chi connectivity index (χ1n) is 6.41. The van der Waals surface area contributed by atoms with Crippen molar-refractivity contribution in [1.82, 2.24) is 10.2 Å². The summed E-state index contributed by atoms with van der Waals surface area (Å²) in [5.74, 6) is -0.0454. The Labute approximate surface area is 132 Å². The molecule has 0 saturated carbocycles. The van der Waals surface area contributed by atoms with E-state index in [4.69, 9.17) is 16.0 Å². The largest absolute Gasteiger partial charge is 0.408 e. The maximum absolute atomic E-state index is 12.3. The highest BCUT2D eigenvalue weighted by Crippen LogP contribution is 2.22. The van der Waals surface area contributed by atoms with Gasteiger partial charge in [-0.2, -0.15) is 0 Å². The summed E-state index contributed by atoms with van der Waals surface area (Å²) in [4.78, 5) is 0. The Morgan fingerprint density at radius 2 is 1.64 bits per heavy atom. The van der Waals surface area contributed by atoms with E-state index in [1.807, 2.05) is 6.07 Å². The maximum atomic E-state index is 12.3. The van der Waals surface area contributed by atoms with Crippen LogP contribution in [0.15, 0.2) is 64.2 Å². The average molecular weight is 335 g/mol. The van der Waals surface area contributed by atoms with Crippen molar-refractivity contribution in [2.75, 3.05) is 0 Å². The van der Waals surface area contributed by atoms with Crippen LogP contribution < -0.4 is 0 Å². The third-order valence-corrected chi connectivity index (χ3v) is 4.63. The van der Waals surface area contributed by atoms with E-state index in [1.54, 1.807) is 48.5 Å². The summed E-state index contributed by atoms with van der Waals surface area (Å²) in [6, 6.07) is 15.6. The molecule has 1 aromatic heterocycles. The molecule has 0 radical (unpaired) electrons. The lowest BCUT2D eigenvalue weighted by Crippen LogP contribution is -2.05. The molecule has 3 rings (SSSR count). The van der Waals surface area contributed by atoms with Gasteiger partial charge in [-0.1, -0.05) is 47.0 Å². The van der Waals surface area contributed by atoms with Crippen molar-refractivity contribution < 1.29 is 12.8 Å². The SMILES string of the molecule is O=S(=O)(Cc1ccc(Cl)cc1)c1nnc(-c2ccccc2)o1. The van der Waals surface area contributed by atoms with Crippen LogP contribution >= 0.6 is 11.6 Å². The lowest BCUT2D eigenvalue weighted by Gasteiger charge is -2.00. The molecule has 0 aliphatic carbocycles. The van der Waals surface area contributed by atoms with Crippen molar-refractivity contribution in [3.8, 4) is 11.5 Å². The summed E-state index contributed by atoms with van der Waals surface area (Å²) >= 11 is 5.78. The number of hydrogen-bond acceptors (Lipinski definition) is 5. The molecule has 0 aliphatic rings. The molecule has 0 bridgehead atoms. The van der Waals surface area contributed by atoms with Crippen LogP contribution in [0.2, 0.25) is 5.02 Å². The highest BCUT2D eigenvalue weighted by molar-refractivity contribution is 7.90. The molecule has 7 heteroatoms. The summed E-state index contributed by atoms with van der Waals surface area (Å²) in [5, 5.41) is 7.60. The van der Waals surface area contributed by atoms with E-state index < -0.39 is 9.84 Å². The molecule has 2 aromatic carbocycles. The first-order chi connectivity index (χ1) is 10.5. The minimum atomic E-state index is -3.70. The Balaban J connectivity index is 1.87. The first kappa shape index (κ1) is 14.7. The highest BCUT2D eigenvalue weighted by Gasteiger charge is 2.23. The zero-order valence-electron chi connectivity index (χ0n) is 11.3. The molecule has 112 valence electrons. The molecule has 1 heterocycles. The predicted octanol–water partition coefficient (Wildman–Crippen LogP) is 3.36. The van der Waals surface area contributed by atoms with Crippen LogP contribution in [0.1, 0.15) is 5.56 Å². The Morgan fingerprint density at radius 3 is 2.32 bits per heavy atom. The van der Waals surface area contributed by atoms with Gasteiger partial charge in [0, 0.05) is 10.6 Å². The second kappa shape index (κ2) is 5.90. The topological polar surface area (TPSA) is 73.1 Å². The van der Waals surface area contributed by atoms with Crippen LogP contribution in [0.25, 0.3) is 11.5 Å². The van der Waals surface area contributed by atoms with E-state index in [0.29, 0.717) is 16.1 Å². The summed E-state index contributed by atoms with van der Waals surface area (Å²) in [5.41, 5.74) is 1.27. The van der Waals surface area contributed by atoms with Crippen molar-refractivity contribution in [3.05, 3.63) is 65.2 Å². The molecular formula is C15H11ClN2O3S. The quantitative estimate of drug-likeness (QED) is 0.731. The highest BCUT2D eigenvalue weighted by atomic mass is 35.5. The van der Waals surface area contributed by atoms with Gasteiger partial charge in [0.25, 0.3) is 0 Å². The average Bonchev–Trinajstić information content (AvgIpc) is 3.01. The number of halogens is 1. The Hall–Kier alpha value is -2.18. The second-order valence-corrected chi connectivity index (χ2v) is 6.93. The summed E-state index contributed by atoms with van der Waals surface area (Å²) in [7, 11) is -3.70. The molecule has 0 fully saturated rings. The van der Waals surface area contributed by atoms with E-state index in [9.17, 15) is 8.42 Å². The van der Waals surface area contributed by atoms with Gasteiger partial charge < -0.3 is 4.42 Å². The fourth-order valence-corrected chi connectivity index (χ4v) is 3.15. The fourth-order valence-electron chi connectivity index (χ4n) is 1.89. The van der Waals surface area contributed by atoms with E-state index in [-0.39, 0.29) is 16.9 Å². The van der Waals surface area contributed by atoms with E-state index in [0.717, 1.165) is 0 Å². The molecule has 22 heavy (non-hydrogen) atoms. The molecule has 0 saturated heterocycles. The van der Waals surface area contributed by atoms with E-state index in [1.165, 1.54) is 0 Å². The zero-order valence-corrected chi connectivity index (χ0v) is 12.9. The van der Waals surface area contributed by atoms with Crippen molar-refractivity contribution in [1.29, 1.82) is 0 Å². The van der Waals surface area contributed by atoms with Crippen LogP contribution in [0.3, 0.4) is 0 Å². The summed E-state index contributed by atoms with van der Waals surface area (Å²) < 4.78 is 29.9. The first-order valence-corrected chi connectivity index (χ1v) is 8.44. The Bertz CT molecular complexity index is 875. The molecule has 0 spiro atoms. The van der Waals surface area contributed by atoms with Gasteiger partial charge in [0.05, 0.1) is 5.75 Å². The lowest BCUT2D eigenvalue weighted by atomic mass is 10.2. The number of nitrogens with zero attached hydrogens (tertiary/aromatic N) is 2. The smallest absolute Gasteiger partial charge is 0.336 e. The third-order valence-electron chi connectivity index (χ3n) is 2.96. The lowest BCUT2D eigenvalue weighted by molar-refractivity contribution is 0.439. The van der Waals surface area contributed by atoms with Crippen molar-refractivity contribution in [3.63, 3.8) is 0 Å². The molecule has 0 unspecified atom stereocenters. The van der Waals surface area contributed by atoms with E-state index in [2.05, 4.69) is 10.2 Å². The van der Waals surface area contributed by atoms with Gasteiger partial charge in [-0.05, 0) is 29.8 Å². The maximum Gasteiger partial charge on any atom is 0.336 e. The van der Waals surface area contributed by atoms with Gasteiger partial charge >= 0.3 is 5.22 Å². The van der Waals surface area contributed by atoms with Gasteiger partial charge in [-0.3, -0.25) is 0 Å². The van der Waals surface area contributed by atoms with Gasteiger partial charge in [0.2, 0.25) is 15.7 Å². The number of benzene rings is 2. The molecule has 0 aliphatic heterocycles. The monoisotopic (exact) mass is 334 g/mol. The summed E-state index contributed by atoms with van der Waals surface area (Å²) in [6.07, 6.45) is 0. The Morgan fingerprint density at radius 1 is 0.955 bits per heavy atom. The molecular weight excluding hydrogens is 324 g/mol. The van der Waals surface area contributed by atoms with Crippen LogP contribution in [-0.4, -0.2) is 18.6 Å². The standard InChI is InChI=1S/C15H11ClN2O3S/c16-13-8-6-11(7-9-13)10-22(19,20)15-18-17-14(21-15)12-4-2-1-3-5-12/h1-9H,10H2. The van der Waals surface area contributed by atoms with Crippen LogP contribution in [-0.2, 0) is 15.6 Å².